The van der Waals surface area contributed by atoms with Gasteiger partial charge in [0.25, 0.3) is 0 Å². The van der Waals surface area contributed by atoms with Gasteiger partial charge in [0, 0.05) is 37.6 Å². The quantitative estimate of drug-likeness (QED) is 0.546. The lowest BCUT2D eigenvalue weighted by Gasteiger charge is -2.47. The minimum absolute atomic E-state index is 0.125. The minimum atomic E-state index is -4.60. The summed E-state index contributed by atoms with van der Waals surface area (Å²) in [6, 6.07) is 9.32. The van der Waals surface area contributed by atoms with Gasteiger partial charge in [0.1, 0.15) is 11.6 Å². The van der Waals surface area contributed by atoms with E-state index in [1.54, 1.807) is 12.1 Å². The van der Waals surface area contributed by atoms with Crippen LogP contribution in [0.1, 0.15) is 18.4 Å². The predicted molar refractivity (Wildman–Crippen MR) is 133 cm³/mol. The Morgan fingerprint density at radius 2 is 1.66 bits per heavy atom. The van der Waals surface area contributed by atoms with Gasteiger partial charge in [0.15, 0.2) is 0 Å². The zero-order chi connectivity index (χ0) is 27.0. The molecule has 1 N–H and O–H groups in total. The molecule has 2 aromatic rings. The van der Waals surface area contributed by atoms with Gasteiger partial charge in [-0.1, -0.05) is 6.07 Å². The van der Waals surface area contributed by atoms with Crippen LogP contribution in [0.25, 0.3) is 0 Å². The molecule has 200 valence electrons. The fraction of sp³-hybridized carbons (Fsp3) is 0.333. The molecule has 1 saturated heterocycles. The van der Waals surface area contributed by atoms with E-state index in [4.69, 9.17) is 4.99 Å². The zero-order valence-electron chi connectivity index (χ0n) is 20.2. The fourth-order valence-electron chi connectivity index (χ4n) is 5.16. The van der Waals surface area contributed by atoms with E-state index in [1.807, 2.05) is 4.90 Å². The van der Waals surface area contributed by atoms with E-state index in [0.29, 0.717) is 37.7 Å². The number of aliphatic imine (C=N–C) groups is 1. The fourth-order valence-corrected chi connectivity index (χ4v) is 5.16. The maximum absolute atomic E-state index is 14.3. The van der Waals surface area contributed by atoms with Crippen molar-refractivity contribution in [3.63, 3.8) is 0 Å². The smallest absolute Gasteiger partial charge is 0.416 e. The van der Waals surface area contributed by atoms with E-state index in [9.17, 15) is 31.9 Å². The van der Waals surface area contributed by atoms with Crippen LogP contribution in [0.4, 0.5) is 33.3 Å². The molecular weight excluding hydrogens is 507 g/mol. The number of hydrogen-bond acceptors (Lipinski definition) is 5. The molecule has 2 unspecified atom stereocenters. The number of carboxylic acid groups (broad SMARTS) is 1. The average molecular weight is 533 g/mol. The Labute approximate surface area is 216 Å². The van der Waals surface area contributed by atoms with Crippen LogP contribution in [0.2, 0.25) is 0 Å². The number of aliphatic carboxylic acids is 1. The lowest BCUT2D eigenvalue weighted by Crippen LogP contribution is -2.59. The van der Waals surface area contributed by atoms with Crippen LogP contribution in [0.5, 0.6) is 0 Å². The van der Waals surface area contributed by atoms with E-state index in [0.717, 1.165) is 17.8 Å². The topological polar surface area (TPSA) is 59.4 Å². The molecule has 0 aromatic heterocycles. The molecule has 0 spiro atoms. The number of alkyl halides is 3. The van der Waals surface area contributed by atoms with Gasteiger partial charge in [-0.2, -0.15) is 13.2 Å². The number of carboxylic acids is 1. The summed E-state index contributed by atoms with van der Waals surface area (Å²) in [5.74, 6) is -1.68. The first-order chi connectivity index (χ1) is 18.1. The van der Waals surface area contributed by atoms with E-state index < -0.39 is 42.0 Å². The summed E-state index contributed by atoms with van der Waals surface area (Å²) in [5, 5.41) is 9.72. The van der Waals surface area contributed by atoms with Gasteiger partial charge in [-0.3, -0.25) is 4.79 Å². The molecule has 2 heterocycles. The van der Waals surface area contributed by atoms with Crippen LogP contribution in [-0.4, -0.2) is 60.2 Å². The molecule has 0 amide bonds. The summed E-state index contributed by atoms with van der Waals surface area (Å²) in [6.45, 7) is 1.96. The highest BCUT2D eigenvalue weighted by Crippen LogP contribution is 2.38. The van der Waals surface area contributed by atoms with Crippen molar-refractivity contribution in [3.8, 4) is 0 Å². The van der Waals surface area contributed by atoms with Crippen molar-refractivity contribution >= 4 is 23.3 Å². The first kappa shape index (κ1) is 25.7. The van der Waals surface area contributed by atoms with Crippen molar-refractivity contribution in [2.75, 3.05) is 36.0 Å². The Morgan fingerprint density at radius 3 is 2.32 bits per heavy atom. The minimum Gasteiger partial charge on any atom is -0.481 e. The second-order valence-electron chi connectivity index (χ2n) is 9.40. The van der Waals surface area contributed by atoms with E-state index in [-0.39, 0.29) is 17.9 Å². The van der Waals surface area contributed by atoms with Crippen molar-refractivity contribution in [1.82, 2.24) is 4.90 Å². The van der Waals surface area contributed by atoms with Gasteiger partial charge < -0.3 is 19.8 Å². The Hall–Kier alpha value is -3.89. The predicted octanol–water partition coefficient (Wildman–Crippen LogP) is 5.24. The van der Waals surface area contributed by atoms with Crippen molar-refractivity contribution in [2.24, 2.45) is 4.99 Å². The third-order valence-corrected chi connectivity index (χ3v) is 6.98. The summed E-state index contributed by atoms with van der Waals surface area (Å²) < 4.78 is 68.4. The molecule has 0 saturated carbocycles. The highest BCUT2D eigenvalue weighted by Gasteiger charge is 2.41. The SMILES string of the molecule is O=C(O)CC1C2=CC(F)=CCC2N=C(N2CCN(c3ccc(F)cc3)CC2)N1c1cccc(C(F)(F)F)c1. The van der Waals surface area contributed by atoms with Gasteiger partial charge in [0.2, 0.25) is 5.96 Å². The number of nitrogens with zero attached hydrogens (tertiary/aromatic N) is 4. The van der Waals surface area contributed by atoms with Crippen LogP contribution in [0, 0.1) is 5.82 Å². The van der Waals surface area contributed by atoms with Crippen molar-refractivity contribution in [1.29, 1.82) is 0 Å². The van der Waals surface area contributed by atoms with Crippen molar-refractivity contribution < 1.29 is 31.9 Å². The standard InChI is InChI=1S/C27H25F5N4O2/c28-18-4-7-20(8-5-18)34-10-12-35(13-11-34)26-33-23-9-6-19(29)15-22(23)24(16-25(37)38)36(26)21-3-1-2-17(14-21)27(30,31)32/h1-8,14-15,23-24H,9-13,16H2,(H,37,38). The lowest BCUT2D eigenvalue weighted by molar-refractivity contribution is -0.138. The first-order valence-electron chi connectivity index (χ1n) is 12.2. The molecule has 2 aliphatic heterocycles. The second kappa shape index (κ2) is 10.1. The molecule has 1 fully saturated rings. The highest BCUT2D eigenvalue weighted by atomic mass is 19.4. The van der Waals surface area contributed by atoms with E-state index in [1.165, 1.54) is 41.3 Å². The Balaban J connectivity index is 1.53. The molecule has 0 radical (unpaired) electrons. The molecular formula is C27H25F5N4O2. The van der Waals surface area contributed by atoms with Crippen LogP contribution >= 0.6 is 0 Å². The maximum Gasteiger partial charge on any atom is 0.416 e. The number of fused-ring (bicyclic) bond motifs is 1. The van der Waals surface area contributed by atoms with Crippen molar-refractivity contribution in [2.45, 2.75) is 31.1 Å². The van der Waals surface area contributed by atoms with Crippen LogP contribution in [-0.2, 0) is 11.0 Å². The summed E-state index contributed by atoms with van der Waals surface area (Å²) >= 11 is 0. The third-order valence-electron chi connectivity index (χ3n) is 6.98. The summed E-state index contributed by atoms with van der Waals surface area (Å²) in [6.07, 6.45) is -2.20. The monoisotopic (exact) mass is 532 g/mol. The first-order valence-corrected chi connectivity index (χ1v) is 12.2. The number of rotatable bonds is 4. The van der Waals surface area contributed by atoms with Gasteiger partial charge in [-0.25, -0.2) is 13.8 Å². The summed E-state index contributed by atoms with van der Waals surface area (Å²) in [4.78, 5) is 22.2. The number of carbonyl (C=O) groups is 1. The molecule has 5 rings (SSSR count). The Morgan fingerprint density at radius 1 is 0.974 bits per heavy atom. The van der Waals surface area contributed by atoms with Crippen LogP contribution in [0.3, 0.4) is 0 Å². The number of halogens is 5. The second-order valence-corrected chi connectivity index (χ2v) is 9.40. The van der Waals surface area contributed by atoms with Gasteiger partial charge in [-0.15, -0.1) is 0 Å². The zero-order valence-corrected chi connectivity index (χ0v) is 20.2. The van der Waals surface area contributed by atoms with E-state index >= 15 is 0 Å². The summed E-state index contributed by atoms with van der Waals surface area (Å²) in [5.41, 5.74) is 0.502. The Kier molecular flexibility index (Phi) is 6.85. The van der Waals surface area contributed by atoms with Crippen molar-refractivity contribution in [3.05, 3.63) is 83.5 Å². The lowest BCUT2D eigenvalue weighted by atomic mass is 9.88. The van der Waals surface area contributed by atoms with Gasteiger partial charge in [0.05, 0.1) is 24.1 Å². The normalized spacial score (nSPS) is 21.9. The molecule has 38 heavy (non-hydrogen) atoms. The molecule has 0 bridgehead atoms. The van der Waals surface area contributed by atoms with E-state index in [2.05, 4.69) is 4.90 Å². The highest BCUT2D eigenvalue weighted by molar-refractivity contribution is 5.99. The Bertz CT molecular complexity index is 1300. The molecule has 2 atom stereocenters. The summed E-state index contributed by atoms with van der Waals surface area (Å²) in [7, 11) is 0. The number of guanidine groups is 1. The number of allylic oxidation sites excluding steroid dienone is 2. The van der Waals surface area contributed by atoms with Crippen LogP contribution in [0.15, 0.2) is 77.1 Å². The molecule has 2 aromatic carbocycles. The largest absolute Gasteiger partial charge is 0.481 e. The number of benzene rings is 2. The molecule has 11 heteroatoms. The average Bonchev–Trinajstić information content (AvgIpc) is 2.88. The van der Waals surface area contributed by atoms with Crippen LogP contribution < -0.4 is 9.80 Å². The molecule has 6 nitrogen and oxygen atoms in total. The number of hydrogen-bond donors (Lipinski definition) is 1. The number of anilines is 2. The van der Waals surface area contributed by atoms with Gasteiger partial charge >= 0.3 is 12.1 Å². The third kappa shape index (κ3) is 5.23. The molecule has 1 aliphatic carbocycles. The van der Waals surface area contributed by atoms with Gasteiger partial charge in [-0.05, 0) is 66.6 Å². The number of piperazine rings is 1. The maximum atomic E-state index is 14.3. The molecule has 3 aliphatic rings.